The zero-order valence-electron chi connectivity index (χ0n) is 31.3. The van der Waals surface area contributed by atoms with Crippen LogP contribution in [-0.2, 0) is 25.7 Å². The van der Waals surface area contributed by atoms with Crippen LogP contribution in [0.25, 0.3) is 0 Å². The van der Waals surface area contributed by atoms with Gasteiger partial charge in [0.05, 0.1) is 18.4 Å². The molecule has 0 bridgehead atoms. The molecular formula is C40H61N3O5S. The highest BCUT2D eigenvalue weighted by Gasteiger charge is 2.71. The van der Waals surface area contributed by atoms with E-state index in [0.29, 0.717) is 42.6 Å². The number of aromatic nitrogens is 2. The smallest absolute Gasteiger partial charge is 0.309 e. The number of rotatable bonds is 9. The lowest BCUT2D eigenvalue weighted by molar-refractivity contribution is -0.250. The lowest BCUT2D eigenvalue weighted by atomic mass is 9.32. The Morgan fingerprint density at radius 2 is 1.71 bits per heavy atom. The number of allylic oxidation sites excluding steroid dienone is 1. The SMILES string of the molecule is C=C(C)[C@@H]1CC[C@]2(CC(=O)NCc3nncs3)CC[C@]3(C)[C@H](CC[C@@H]4[C@@]5(C)CC[C@H](OC(=O)CC(C)(C)C(=O)O)C(C)(C)[C@@H]5CC[C@]43C)[C@@H]12. The third-order valence-electron chi connectivity index (χ3n) is 16.0. The topological polar surface area (TPSA) is 118 Å². The molecule has 6 rings (SSSR count). The third-order valence-corrected chi connectivity index (χ3v) is 16.7. The molecule has 1 amide bonds. The number of aliphatic carboxylic acids is 1. The quantitative estimate of drug-likeness (QED) is 0.196. The summed E-state index contributed by atoms with van der Waals surface area (Å²) in [7, 11) is 0. The first-order valence-corrected chi connectivity index (χ1v) is 19.8. The Kier molecular flexibility index (Phi) is 9.26. The average molecular weight is 696 g/mol. The molecule has 272 valence electrons. The highest BCUT2D eigenvalue weighted by molar-refractivity contribution is 7.09. The summed E-state index contributed by atoms with van der Waals surface area (Å²) in [5.41, 5.74) is 2.16. The molecule has 5 fully saturated rings. The zero-order valence-corrected chi connectivity index (χ0v) is 32.1. The van der Waals surface area contributed by atoms with Crippen LogP contribution in [0.5, 0.6) is 0 Å². The van der Waals surface area contributed by atoms with Crippen molar-refractivity contribution in [1.82, 2.24) is 15.5 Å². The molecule has 0 radical (unpaired) electrons. The van der Waals surface area contributed by atoms with E-state index in [1.807, 2.05) is 0 Å². The summed E-state index contributed by atoms with van der Waals surface area (Å²) in [4.78, 5) is 38.3. The van der Waals surface area contributed by atoms with E-state index in [1.165, 1.54) is 36.2 Å². The molecule has 0 aliphatic heterocycles. The van der Waals surface area contributed by atoms with E-state index >= 15 is 0 Å². The van der Waals surface area contributed by atoms with Gasteiger partial charge in [-0.1, -0.05) is 46.8 Å². The molecule has 8 nitrogen and oxygen atoms in total. The van der Waals surface area contributed by atoms with Gasteiger partial charge in [-0.05, 0) is 136 Å². The molecule has 0 aromatic carbocycles. The molecule has 5 aliphatic carbocycles. The predicted molar refractivity (Wildman–Crippen MR) is 191 cm³/mol. The van der Waals surface area contributed by atoms with Gasteiger partial charge in [0.25, 0.3) is 0 Å². The van der Waals surface area contributed by atoms with E-state index in [1.54, 1.807) is 19.4 Å². The van der Waals surface area contributed by atoms with Crippen molar-refractivity contribution in [2.75, 3.05) is 0 Å². The summed E-state index contributed by atoms with van der Waals surface area (Å²) < 4.78 is 6.17. The number of carboxylic acid groups (broad SMARTS) is 1. The van der Waals surface area contributed by atoms with Gasteiger partial charge in [-0.2, -0.15) is 0 Å². The van der Waals surface area contributed by atoms with Crippen molar-refractivity contribution in [3.63, 3.8) is 0 Å². The fourth-order valence-corrected chi connectivity index (χ4v) is 13.7. The first-order valence-electron chi connectivity index (χ1n) is 18.9. The van der Waals surface area contributed by atoms with Gasteiger partial charge in [-0.15, -0.1) is 21.5 Å². The van der Waals surface area contributed by atoms with Crippen LogP contribution in [-0.4, -0.2) is 39.3 Å². The van der Waals surface area contributed by atoms with Crippen LogP contribution < -0.4 is 5.32 Å². The van der Waals surface area contributed by atoms with E-state index in [-0.39, 0.29) is 45.5 Å². The Balaban J connectivity index is 1.23. The number of carbonyl (C=O) groups is 3. The molecule has 5 saturated carbocycles. The Hall–Kier alpha value is -2.29. The first-order chi connectivity index (χ1) is 22.8. The summed E-state index contributed by atoms with van der Waals surface area (Å²) in [6.07, 6.45) is 11.3. The number of nitrogens with one attached hydrogen (secondary N) is 1. The van der Waals surface area contributed by atoms with Crippen molar-refractivity contribution < 1.29 is 24.2 Å². The number of esters is 1. The number of nitrogens with zero attached hydrogens (tertiary/aromatic N) is 2. The molecule has 1 aromatic heterocycles. The molecule has 0 saturated heterocycles. The Labute approximate surface area is 298 Å². The largest absolute Gasteiger partial charge is 0.481 e. The molecule has 10 atom stereocenters. The monoisotopic (exact) mass is 695 g/mol. The van der Waals surface area contributed by atoms with Crippen LogP contribution in [0.3, 0.4) is 0 Å². The van der Waals surface area contributed by atoms with Gasteiger partial charge in [0.2, 0.25) is 5.91 Å². The second-order valence-electron chi connectivity index (χ2n) is 19.0. The molecule has 1 heterocycles. The number of amides is 1. The van der Waals surface area contributed by atoms with Crippen molar-refractivity contribution >= 4 is 29.2 Å². The van der Waals surface area contributed by atoms with Crippen molar-refractivity contribution in [3.05, 3.63) is 22.7 Å². The summed E-state index contributed by atoms with van der Waals surface area (Å²) in [5, 5.41) is 21.7. The molecule has 0 unspecified atom stereocenters. The second-order valence-corrected chi connectivity index (χ2v) is 20.0. The minimum Gasteiger partial charge on any atom is -0.481 e. The first kappa shape index (κ1) is 36.5. The van der Waals surface area contributed by atoms with E-state index in [2.05, 4.69) is 63.6 Å². The lowest BCUT2D eigenvalue weighted by Gasteiger charge is -2.73. The highest BCUT2D eigenvalue weighted by atomic mass is 32.1. The number of carbonyl (C=O) groups excluding carboxylic acids is 2. The van der Waals surface area contributed by atoms with Gasteiger partial charge in [-0.3, -0.25) is 14.4 Å². The van der Waals surface area contributed by atoms with Crippen molar-refractivity contribution in [3.8, 4) is 0 Å². The minimum atomic E-state index is -1.14. The molecule has 9 heteroatoms. The number of carboxylic acids is 1. The Morgan fingerprint density at radius 3 is 2.37 bits per heavy atom. The van der Waals surface area contributed by atoms with E-state index in [4.69, 9.17) is 4.74 Å². The Bertz CT molecular complexity index is 1470. The number of hydrogen-bond donors (Lipinski definition) is 2. The highest BCUT2D eigenvalue weighted by Crippen LogP contribution is 2.78. The number of fused-ring (bicyclic) bond motifs is 7. The average Bonchev–Trinajstić information content (AvgIpc) is 3.66. The summed E-state index contributed by atoms with van der Waals surface area (Å²) in [6.45, 7) is 22.8. The van der Waals surface area contributed by atoms with Gasteiger partial charge in [0.1, 0.15) is 16.6 Å². The van der Waals surface area contributed by atoms with Crippen LogP contribution in [0.15, 0.2) is 17.7 Å². The number of hydrogen-bond acceptors (Lipinski definition) is 7. The third kappa shape index (κ3) is 5.80. The maximum absolute atomic E-state index is 13.6. The van der Waals surface area contributed by atoms with E-state index in [9.17, 15) is 19.5 Å². The van der Waals surface area contributed by atoms with Crippen LogP contribution in [0.2, 0.25) is 0 Å². The van der Waals surface area contributed by atoms with Crippen molar-refractivity contribution in [1.29, 1.82) is 0 Å². The van der Waals surface area contributed by atoms with Crippen LogP contribution in [0.1, 0.15) is 137 Å². The van der Waals surface area contributed by atoms with Crippen LogP contribution in [0.4, 0.5) is 0 Å². The zero-order chi connectivity index (χ0) is 35.8. The molecular weight excluding hydrogens is 635 g/mol. The molecule has 49 heavy (non-hydrogen) atoms. The standard InChI is InChI=1S/C40H61N3O5S/c1-24(2)25-12-17-40(20-30(44)41-22-31-43-42-23-49-31)19-18-38(8)26(33(25)40)10-11-28-37(7)15-14-29(48-32(45)21-35(3,4)34(46)47)36(5,6)27(37)13-16-39(28,38)9/h23,25-29,33H,1,10-22H2,2-9H3,(H,41,44)(H,46,47)/t25-,26+,27-,28+,29-,33+,37-,38+,39+,40+/m0/s1. The molecule has 1 aromatic rings. The normalized spacial score (nSPS) is 41.0. The van der Waals surface area contributed by atoms with Crippen molar-refractivity contribution in [2.24, 2.45) is 62.1 Å². The Morgan fingerprint density at radius 1 is 0.980 bits per heavy atom. The molecule has 5 aliphatic rings. The summed E-state index contributed by atoms with van der Waals surface area (Å²) >= 11 is 1.48. The van der Waals surface area contributed by atoms with Crippen LogP contribution >= 0.6 is 11.3 Å². The van der Waals surface area contributed by atoms with Gasteiger partial charge in [0, 0.05) is 11.8 Å². The lowest BCUT2D eigenvalue weighted by Crippen LogP contribution is -2.67. The van der Waals surface area contributed by atoms with Crippen molar-refractivity contribution in [2.45, 2.75) is 145 Å². The molecule has 2 N–H and O–H groups in total. The maximum atomic E-state index is 13.6. The van der Waals surface area contributed by atoms with Gasteiger partial charge < -0.3 is 15.2 Å². The van der Waals surface area contributed by atoms with Crippen LogP contribution in [0, 0.1) is 62.1 Å². The molecule has 0 spiro atoms. The summed E-state index contributed by atoms with van der Waals surface area (Å²) in [5.74, 6) is 1.27. The van der Waals surface area contributed by atoms with Gasteiger partial charge in [-0.25, -0.2) is 0 Å². The second kappa shape index (κ2) is 12.4. The van der Waals surface area contributed by atoms with E-state index < -0.39 is 17.4 Å². The fourth-order valence-electron chi connectivity index (χ4n) is 13.2. The van der Waals surface area contributed by atoms with Gasteiger partial charge >= 0.3 is 11.9 Å². The van der Waals surface area contributed by atoms with Gasteiger partial charge in [0.15, 0.2) is 0 Å². The minimum absolute atomic E-state index is 0.0163. The number of ether oxygens (including phenoxy) is 1. The predicted octanol–water partition coefficient (Wildman–Crippen LogP) is 8.61. The maximum Gasteiger partial charge on any atom is 0.309 e. The van der Waals surface area contributed by atoms with E-state index in [0.717, 1.165) is 50.0 Å². The summed E-state index contributed by atoms with van der Waals surface area (Å²) in [6, 6.07) is 0. The fraction of sp³-hybridized carbons (Fsp3) is 0.825.